The molecular formula is C13H17ClN2O2. The molecule has 4 nitrogen and oxygen atoms in total. The summed E-state index contributed by atoms with van der Waals surface area (Å²) in [5.41, 5.74) is 6.24. The van der Waals surface area contributed by atoms with Crippen LogP contribution in [0.25, 0.3) is 0 Å². The number of amides is 2. The summed E-state index contributed by atoms with van der Waals surface area (Å²) in [6, 6.07) is 8.75. The Kier molecular flexibility index (Phi) is 6.22. The lowest BCUT2D eigenvalue weighted by Crippen LogP contribution is -2.45. The molecule has 2 amide bonds. The van der Waals surface area contributed by atoms with Gasteiger partial charge >= 0.3 is 0 Å². The number of alkyl halides is 1. The molecule has 0 aliphatic rings. The Bertz CT molecular complexity index is 395. The highest BCUT2D eigenvalue weighted by Crippen LogP contribution is 2.03. The van der Waals surface area contributed by atoms with Gasteiger partial charge in [-0.15, -0.1) is 11.6 Å². The predicted molar refractivity (Wildman–Crippen MR) is 71.2 cm³/mol. The van der Waals surface area contributed by atoms with Gasteiger partial charge in [-0.2, -0.15) is 0 Å². The van der Waals surface area contributed by atoms with Crippen LogP contribution in [-0.4, -0.2) is 23.7 Å². The van der Waals surface area contributed by atoms with E-state index in [-0.39, 0.29) is 5.91 Å². The maximum absolute atomic E-state index is 11.5. The second-order valence-corrected chi connectivity index (χ2v) is 4.38. The highest BCUT2D eigenvalue weighted by atomic mass is 35.5. The number of benzene rings is 1. The first-order valence-corrected chi connectivity index (χ1v) is 6.35. The molecule has 1 rings (SSSR count). The van der Waals surface area contributed by atoms with E-state index in [0.29, 0.717) is 25.1 Å². The van der Waals surface area contributed by atoms with E-state index in [2.05, 4.69) is 5.32 Å². The Hall–Kier alpha value is -1.55. The van der Waals surface area contributed by atoms with Crippen LogP contribution in [0.15, 0.2) is 30.3 Å². The zero-order valence-electron chi connectivity index (χ0n) is 10.1. The van der Waals surface area contributed by atoms with Crippen LogP contribution < -0.4 is 11.1 Å². The van der Waals surface area contributed by atoms with Gasteiger partial charge in [0.1, 0.15) is 6.04 Å². The molecule has 0 radical (unpaired) electrons. The van der Waals surface area contributed by atoms with Crippen molar-refractivity contribution in [2.75, 3.05) is 5.88 Å². The van der Waals surface area contributed by atoms with Gasteiger partial charge in [-0.05, 0) is 12.0 Å². The molecule has 1 unspecified atom stereocenters. The average Bonchev–Trinajstić information content (AvgIpc) is 2.36. The Balaban J connectivity index is 2.55. The number of carbonyl (C=O) groups excluding carboxylic acids is 2. The fourth-order valence-corrected chi connectivity index (χ4v) is 1.70. The third kappa shape index (κ3) is 5.19. The second kappa shape index (κ2) is 7.71. The minimum absolute atomic E-state index is 0.199. The number of hydrogen-bond acceptors (Lipinski definition) is 2. The van der Waals surface area contributed by atoms with Gasteiger partial charge in [0.05, 0.1) is 0 Å². The lowest BCUT2D eigenvalue weighted by Gasteiger charge is -2.15. The van der Waals surface area contributed by atoms with E-state index >= 15 is 0 Å². The highest BCUT2D eigenvalue weighted by molar-refractivity contribution is 6.17. The largest absolute Gasteiger partial charge is 0.368 e. The number of primary amides is 1. The van der Waals surface area contributed by atoms with Crippen molar-refractivity contribution in [3.63, 3.8) is 0 Å². The van der Waals surface area contributed by atoms with Gasteiger partial charge < -0.3 is 11.1 Å². The minimum atomic E-state index is -0.671. The topological polar surface area (TPSA) is 72.2 Å². The molecule has 0 aromatic heterocycles. The zero-order chi connectivity index (χ0) is 13.4. The van der Waals surface area contributed by atoms with E-state index in [1.165, 1.54) is 0 Å². The summed E-state index contributed by atoms with van der Waals surface area (Å²) >= 11 is 5.50. The van der Waals surface area contributed by atoms with E-state index < -0.39 is 11.9 Å². The lowest BCUT2D eigenvalue weighted by molar-refractivity contribution is -0.127. The van der Waals surface area contributed by atoms with Gasteiger partial charge in [0.15, 0.2) is 0 Å². The molecular weight excluding hydrogens is 252 g/mol. The van der Waals surface area contributed by atoms with E-state index in [1.54, 1.807) is 0 Å². The van der Waals surface area contributed by atoms with Crippen molar-refractivity contribution in [3.05, 3.63) is 35.9 Å². The molecule has 0 aliphatic heterocycles. The SMILES string of the molecule is NC(=O)C(Cc1ccccc1)NC(=O)CCCCl. The molecule has 3 N–H and O–H groups in total. The predicted octanol–water partition coefficient (Wildman–Crippen LogP) is 1.22. The van der Waals surface area contributed by atoms with Gasteiger partial charge in [0.25, 0.3) is 0 Å². The molecule has 0 fully saturated rings. The maximum atomic E-state index is 11.5. The van der Waals surface area contributed by atoms with Crippen LogP contribution in [0.3, 0.4) is 0 Å². The van der Waals surface area contributed by atoms with Crippen LogP contribution in [0.4, 0.5) is 0 Å². The van der Waals surface area contributed by atoms with Crippen molar-refractivity contribution in [2.24, 2.45) is 5.73 Å². The third-order valence-electron chi connectivity index (χ3n) is 2.50. The quantitative estimate of drug-likeness (QED) is 0.730. The van der Waals surface area contributed by atoms with E-state index in [0.717, 1.165) is 5.56 Å². The molecule has 1 aromatic carbocycles. The molecule has 0 aliphatic carbocycles. The van der Waals surface area contributed by atoms with Crippen LogP contribution in [0.5, 0.6) is 0 Å². The minimum Gasteiger partial charge on any atom is -0.368 e. The van der Waals surface area contributed by atoms with E-state index in [1.807, 2.05) is 30.3 Å². The Morgan fingerprint density at radius 1 is 1.28 bits per heavy atom. The number of hydrogen-bond donors (Lipinski definition) is 2. The molecule has 5 heteroatoms. The first-order chi connectivity index (χ1) is 8.63. The molecule has 18 heavy (non-hydrogen) atoms. The standard InChI is InChI=1S/C13H17ClN2O2/c14-8-4-7-12(17)16-11(13(15)18)9-10-5-2-1-3-6-10/h1-3,5-6,11H,4,7-9H2,(H2,15,18)(H,16,17). The molecule has 0 bridgehead atoms. The van der Waals surface area contributed by atoms with Crippen molar-refractivity contribution in [1.29, 1.82) is 0 Å². The molecule has 0 heterocycles. The highest BCUT2D eigenvalue weighted by Gasteiger charge is 2.17. The van der Waals surface area contributed by atoms with Gasteiger partial charge in [-0.1, -0.05) is 30.3 Å². The number of rotatable bonds is 7. The second-order valence-electron chi connectivity index (χ2n) is 4.00. The average molecular weight is 269 g/mol. The van der Waals surface area contributed by atoms with Gasteiger partial charge in [0, 0.05) is 18.7 Å². The monoisotopic (exact) mass is 268 g/mol. The van der Waals surface area contributed by atoms with Gasteiger partial charge in [0.2, 0.25) is 11.8 Å². The van der Waals surface area contributed by atoms with Crippen LogP contribution in [-0.2, 0) is 16.0 Å². The van der Waals surface area contributed by atoms with Crippen molar-refractivity contribution < 1.29 is 9.59 Å². The fourth-order valence-electron chi connectivity index (χ4n) is 1.57. The summed E-state index contributed by atoms with van der Waals surface area (Å²) in [7, 11) is 0. The molecule has 1 aromatic rings. The first kappa shape index (κ1) is 14.5. The molecule has 0 spiro atoms. The van der Waals surface area contributed by atoms with E-state index in [9.17, 15) is 9.59 Å². The smallest absolute Gasteiger partial charge is 0.240 e. The third-order valence-corrected chi connectivity index (χ3v) is 2.77. The zero-order valence-corrected chi connectivity index (χ0v) is 10.8. The van der Waals surface area contributed by atoms with Crippen LogP contribution in [0.2, 0.25) is 0 Å². The van der Waals surface area contributed by atoms with Crippen molar-refractivity contribution in [1.82, 2.24) is 5.32 Å². The summed E-state index contributed by atoms with van der Waals surface area (Å²) in [6.07, 6.45) is 1.30. The van der Waals surface area contributed by atoms with Crippen molar-refractivity contribution in [3.8, 4) is 0 Å². The van der Waals surface area contributed by atoms with Crippen LogP contribution in [0.1, 0.15) is 18.4 Å². The summed E-state index contributed by atoms with van der Waals surface area (Å²) < 4.78 is 0. The Labute approximate surface area is 112 Å². The summed E-state index contributed by atoms with van der Waals surface area (Å²) in [5.74, 6) is -0.304. The summed E-state index contributed by atoms with van der Waals surface area (Å²) in [4.78, 5) is 22.8. The Morgan fingerprint density at radius 2 is 1.94 bits per heavy atom. The number of halogens is 1. The molecule has 0 saturated carbocycles. The van der Waals surface area contributed by atoms with Crippen molar-refractivity contribution in [2.45, 2.75) is 25.3 Å². The molecule has 0 saturated heterocycles. The van der Waals surface area contributed by atoms with Gasteiger partial charge in [-0.3, -0.25) is 9.59 Å². The summed E-state index contributed by atoms with van der Waals surface area (Å²) in [5, 5.41) is 2.63. The molecule has 98 valence electrons. The van der Waals surface area contributed by atoms with Crippen molar-refractivity contribution >= 4 is 23.4 Å². The number of nitrogens with two attached hydrogens (primary N) is 1. The molecule has 1 atom stereocenters. The van der Waals surface area contributed by atoms with Crippen LogP contribution in [0, 0.1) is 0 Å². The lowest BCUT2D eigenvalue weighted by atomic mass is 10.1. The Morgan fingerprint density at radius 3 is 2.50 bits per heavy atom. The van der Waals surface area contributed by atoms with Crippen LogP contribution >= 0.6 is 11.6 Å². The summed E-state index contributed by atoms with van der Waals surface area (Å²) in [6.45, 7) is 0. The van der Waals surface area contributed by atoms with E-state index in [4.69, 9.17) is 17.3 Å². The normalized spacial score (nSPS) is 11.8. The maximum Gasteiger partial charge on any atom is 0.240 e. The van der Waals surface area contributed by atoms with Gasteiger partial charge in [-0.25, -0.2) is 0 Å². The fraction of sp³-hybridized carbons (Fsp3) is 0.385. The number of nitrogens with one attached hydrogen (secondary N) is 1. The first-order valence-electron chi connectivity index (χ1n) is 5.82. The number of carbonyl (C=O) groups is 2.